The molecule has 0 spiro atoms. The Morgan fingerprint density at radius 1 is 0.576 bits per heavy atom. The van der Waals surface area contributed by atoms with Crippen LogP contribution < -0.4 is 0 Å². The molecule has 1 saturated heterocycles. The summed E-state index contributed by atoms with van der Waals surface area (Å²) in [4.78, 5) is 25.4. The molecular formula is C46H82O12S. The normalized spacial score (nSPS) is 20.5. The second-order valence-electron chi connectivity index (χ2n) is 16.1. The molecule has 13 heteroatoms. The van der Waals surface area contributed by atoms with Gasteiger partial charge in [0.2, 0.25) is 0 Å². The van der Waals surface area contributed by atoms with Crippen molar-refractivity contribution in [2.24, 2.45) is 0 Å². The van der Waals surface area contributed by atoms with Gasteiger partial charge in [-0.3, -0.25) is 14.1 Å². The summed E-state index contributed by atoms with van der Waals surface area (Å²) in [6, 6.07) is 0. The third kappa shape index (κ3) is 31.4. The molecule has 1 aliphatic rings. The van der Waals surface area contributed by atoms with Gasteiger partial charge in [0, 0.05) is 12.8 Å². The van der Waals surface area contributed by atoms with Crippen LogP contribution in [0.15, 0.2) is 36.5 Å². The largest absolute Gasteiger partial charge is 0.462 e. The number of aliphatic hydroxyl groups excluding tert-OH is 3. The number of rotatable bonds is 38. The third-order valence-electron chi connectivity index (χ3n) is 10.5. The van der Waals surface area contributed by atoms with Gasteiger partial charge in [-0.15, -0.1) is 0 Å². The highest BCUT2D eigenvalue weighted by Crippen LogP contribution is 2.24. The van der Waals surface area contributed by atoms with E-state index in [0.29, 0.717) is 12.8 Å². The van der Waals surface area contributed by atoms with Crippen LogP contribution in [-0.2, 0) is 38.7 Å². The number of unbranched alkanes of at least 4 members (excludes halogenated alkanes) is 20. The summed E-state index contributed by atoms with van der Waals surface area (Å²) >= 11 is 0. The average molecular weight is 859 g/mol. The van der Waals surface area contributed by atoms with E-state index in [4.69, 9.17) is 18.9 Å². The number of aliphatic hydroxyl groups is 3. The molecule has 0 aromatic rings. The minimum Gasteiger partial charge on any atom is -0.462 e. The second-order valence-corrected chi connectivity index (χ2v) is 17.6. The molecule has 0 aromatic carbocycles. The van der Waals surface area contributed by atoms with Crippen molar-refractivity contribution >= 4 is 22.1 Å². The fourth-order valence-electron chi connectivity index (χ4n) is 6.86. The lowest BCUT2D eigenvalue weighted by atomic mass is 10.00. The molecule has 0 saturated carbocycles. The van der Waals surface area contributed by atoms with Crippen molar-refractivity contribution in [1.29, 1.82) is 0 Å². The maximum Gasteiger partial charge on any atom is 0.306 e. The smallest absolute Gasteiger partial charge is 0.306 e. The highest BCUT2D eigenvalue weighted by Gasteiger charge is 2.46. The van der Waals surface area contributed by atoms with Crippen LogP contribution in [0.5, 0.6) is 0 Å². The maximum atomic E-state index is 12.8. The average Bonchev–Trinajstić information content (AvgIpc) is 3.20. The number of esters is 2. The zero-order valence-corrected chi connectivity index (χ0v) is 37.4. The van der Waals surface area contributed by atoms with Crippen molar-refractivity contribution in [2.75, 3.05) is 19.0 Å². The maximum absolute atomic E-state index is 12.8. The Balaban J connectivity index is 2.46. The van der Waals surface area contributed by atoms with Crippen LogP contribution in [-0.4, -0.2) is 96.0 Å². The summed E-state index contributed by atoms with van der Waals surface area (Å²) in [5, 5.41) is 30.9. The predicted molar refractivity (Wildman–Crippen MR) is 233 cm³/mol. The Bertz CT molecular complexity index is 1240. The van der Waals surface area contributed by atoms with E-state index in [9.17, 15) is 37.9 Å². The van der Waals surface area contributed by atoms with E-state index in [-0.39, 0.29) is 19.4 Å². The lowest BCUT2D eigenvalue weighted by molar-refractivity contribution is -0.297. The van der Waals surface area contributed by atoms with Crippen LogP contribution in [0.3, 0.4) is 0 Å². The predicted octanol–water partition coefficient (Wildman–Crippen LogP) is 9.39. The second kappa shape index (κ2) is 36.5. The Morgan fingerprint density at radius 3 is 1.54 bits per heavy atom. The third-order valence-corrected chi connectivity index (χ3v) is 11.2. The molecule has 59 heavy (non-hydrogen) atoms. The van der Waals surface area contributed by atoms with Crippen LogP contribution in [0.4, 0.5) is 0 Å². The molecule has 1 aliphatic heterocycles. The number of hydrogen-bond acceptors (Lipinski definition) is 11. The van der Waals surface area contributed by atoms with Gasteiger partial charge in [0.1, 0.15) is 36.8 Å². The van der Waals surface area contributed by atoms with Crippen LogP contribution in [0.25, 0.3) is 0 Å². The standard InChI is InChI=1S/C46H82O12S/c1-3-5-7-9-11-13-15-17-19-21-22-24-26-28-30-32-34-41(47)55-36-39(37-56-46-45(51)44(50)43(49)40(58-46)38-59(52,53)54)57-42(48)35-33-31-29-27-25-23-20-18-16-14-12-10-8-6-4-2/h12,14,18,20,25,27,39-40,43-46,49-51H,3-11,13,15-17,19,21-24,26,28-38H2,1-2H3,(H,52,53,54)/b14-12+,20-18+,27-25+/t39-,40-,43-,44?,45?,46+/m1/s1. The molecule has 1 rings (SSSR count). The van der Waals surface area contributed by atoms with Gasteiger partial charge in [0.05, 0.1) is 6.61 Å². The SMILES string of the molecule is CCCCC/C=C/C/C=C/C/C=C/CCCCC(=O)O[C@H](COC(=O)CCCCCCCCCCCCCCCCCC)CO[C@H]1O[C@H](CS(=O)(=O)O)[C@@H](O)C(O)C1O. The molecule has 2 unspecified atom stereocenters. The Labute approximate surface area is 357 Å². The van der Waals surface area contributed by atoms with Crippen LogP contribution in [0, 0.1) is 0 Å². The van der Waals surface area contributed by atoms with Crippen LogP contribution in [0.2, 0.25) is 0 Å². The highest BCUT2D eigenvalue weighted by molar-refractivity contribution is 7.85. The molecule has 0 aromatic heterocycles. The molecule has 344 valence electrons. The van der Waals surface area contributed by atoms with Crippen molar-refractivity contribution in [2.45, 2.75) is 224 Å². The number of carbonyl (C=O) groups excluding carboxylic acids is 2. The van der Waals surface area contributed by atoms with E-state index in [1.807, 2.05) is 0 Å². The number of carbonyl (C=O) groups is 2. The molecular weight excluding hydrogens is 777 g/mol. The van der Waals surface area contributed by atoms with Gasteiger partial charge in [-0.2, -0.15) is 8.42 Å². The zero-order valence-electron chi connectivity index (χ0n) is 36.6. The van der Waals surface area contributed by atoms with Gasteiger partial charge in [0.25, 0.3) is 10.1 Å². The van der Waals surface area contributed by atoms with E-state index in [2.05, 4.69) is 50.3 Å². The van der Waals surface area contributed by atoms with E-state index >= 15 is 0 Å². The van der Waals surface area contributed by atoms with Gasteiger partial charge < -0.3 is 34.3 Å². The fourth-order valence-corrected chi connectivity index (χ4v) is 7.55. The van der Waals surface area contributed by atoms with Gasteiger partial charge in [0.15, 0.2) is 12.4 Å². The minimum absolute atomic E-state index is 0.117. The van der Waals surface area contributed by atoms with Crippen molar-refractivity contribution in [3.8, 4) is 0 Å². The first-order chi connectivity index (χ1) is 28.5. The summed E-state index contributed by atoms with van der Waals surface area (Å²) in [6.07, 6.45) is 31.9. The fraction of sp³-hybridized carbons (Fsp3) is 0.826. The molecule has 1 fully saturated rings. The van der Waals surface area contributed by atoms with E-state index in [0.717, 1.165) is 51.4 Å². The first kappa shape index (κ1) is 54.9. The molecule has 4 N–H and O–H groups in total. The van der Waals surface area contributed by atoms with Crippen LogP contribution in [0.1, 0.15) is 187 Å². The molecule has 1 heterocycles. The molecule has 0 amide bonds. The Hall–Kier alpha value is -2.13. The first-order valence-electron chi connectivity index (χ1n) is 23.0. The molecule has 12 nitrogen and oxygen atoms in total. The van der Waals surface area contributed by atoms with E-state index in [1.165, 1.54) is 96.3 Å². The summed E-state index contributed by atoms with van der Waals surface area (Å²) < 4.78 is 54.0. The Kier molecular flexibility index (Phi) is 34.0. The number of allylic oxidation sites excluding steroid dienone is 6. The molecule has 6 atom stereocenters. The summed E-state index contributed by atoms with van der Waals surface area (Å²) in [6.45, 7) is 3.71. The van der Waals surface area contributed by atoms with Gasteiger partial charge in [-0.05, 0) is 51.4 Å². The lowest BCUT2D eigenvalue weighted by Gasteiger charge is -2.40. The Morgan fingerprint density at radius 2 is 1.02 bits per heavy atom. The minimum atomic E-state index is -4.61. The van der Waals surface area contributed by atoms with Crippen molar-refractivity contribution in [3.63, 3.8) is 0 Å². The van der Waals surface area contributed by atoms with E-state index in [1.54, 1.807) is 0 Å². The van der Waals surface area contributed by atoms with Crippen molar-refractivity contribution < 1.29 is 56.8 Å². The first-order valence-corrected chi connectivity index (χ1v) is 24.7. The zero-order chi connectivity index (χ0) is 43.4. The topological polar surface area (TPSA) is 186 Å². The quantitative estimate of drug-likeness (QED) is 0.0200. The molecule has 0 aliphatic carbocycles. The summed E-state index contributed by atoms with van der Waals surface area (Å²) in [5.41, 5.74) is 0. The molecule has 0 radical (unpaired) electrons. The monoisotopic (exact) mass is 859 g/mol. The number of ether oxygens (including phenoxy) is 4. The highest BCUT2D eigenvalue weighted by atomic mass is 32.2. The summed E-state index contributed by atoms with van der Waals surface area (Å²) in [7, 11) is -4.61. The van der Waals surface area contributed by atoms with Gasteiger partial charge in [-0.1, -0.05) is 159 Å². The van der Waals surface area contributed by atoms with Gasteiger partial charge >= 0.3 is 11.9 Å². The van der Waals surface area contributed by atoms with Gasteiger partial charge in [-0.25, -0.2) is 0 Å². The number of hydrogen-bond donors (Lipinski definition) is 4. The molecule has 0 bridgehead atoms. The van der Waals surface area contributed by atoms with Crippen LogP contribution >= 0.6 is 0 Å². The van der Waals surface area contributed by atoms with Crippen molar-refractivity contribution in [1.82, 2.24) is 0 Å². The lowest BCUT2D eigenvalue weighted by Crippen LogP contribution is -2.60. The van der Waals surface area contributed by atoms with Crippen molar-refractivity contribution in [3.05, 3.63) is 36.5 Å². The summed E-state index contributed by atoms with van der Waals surface area (Å²) in [5.74, 6) is -2.03. The van der Waals surface area contributed by atoms with E-state index < -0.39 is 71.2 Å².